The molecule has 3 aromatic rings. The van der Waals surface area contributed by atoms with Crippen LogP contribution in [0.1, 0.15) is 29.8 Å². The van der Waals surface area contributed by atoms with Crippen molar-refractivity contribution in [2.24, 2.45) is 7.05 Å². The van der Waals surface area contributed by atoms with Gasteiger partial charge in [-0.3, -0.25) is 9.48 Å². The average Bonchev–Trinajstić information content (AvgIpc) is 3.45. The molecule has 8 nitrogen and oxygen atoms in total. The number of hydrogen-bond donors (Lipinski definition) is 4. The number of benzene rings is 1. The van der Waals surface area contributed by atoms with Gasteiger partial charge in [-0.15, -0.1) is 0 Å². The van der Waals surface area contributed by atoms with E-state index in [2.05, 4.69) is 26.0 Å². The van der Waals surface area contributed by atoms with E-state index < -0.39 is 17.5 Å². The van der Waals surface area contributed by atoms with Crippen LogP contribution in [0.2, 0.25) is 0 Å². The average molecular weight is 448 g/mol. The number of thiazole rings is 1. The lowest BCUT2D eigenvalue weighted by atomic mass is 10.1. The molecule has 0 aliphatic carbocycles. The fraction of sp³-hybridized carbons (Fsp3) is 0.350. The minimum atomic E-state index is -0.767. The van der Waals surface area contributed by atoms with E-state index in [-0.39, 0.29) is 21.3 Å². The molecular formula is C20H23F2N7OS. The van der Waals surface area contributed by atoms with Crippen molar-refractivity contribution >= 4 is 33.8 Å². The summed E-state index contributed by atoms with van der Waals surface area (Å²) in [5.41, 5.74) is 6.01. The number of amides is 1. The van der Waals surface area contributed by atoms with Gasteiger partial charge in [-0.1, -0.05) is 17.4 Å². The quantitative estimate of drug-likeness (QED) is 0.443. The van der Waals surface area contributed by atoms with E-state index in [0.717, 1.165) is 49.4 Å². The molecule has 0 saturated carbocycles. The van der Waals surface area contributed by atoms with Gasteiger partial charge in [0.2, 0.25) is 0 Å². The normalized spacial score (nSPS) is 15.9. The molecule has 0 unspecified atom stereocenters. The topological polar surface area (TPSA) is 110 Å². The first-order valence-corrected chi connectivity index (χ1v) is 10.8. The molecule has 0 spiro atoms. The van der Waals surface area contributed by atoms with E-state index >= 15 is 0 Å². The number of carbonyl (C=O) groups excluding carboxylic acids is 1. The third-order valence-corrected chi connectivity index (χ3v) is 6.08. The van der Waals surface area contributed by atoms with Crippen molar-refractivity contribution < 1.29 is 13.6 Å². The number of nitrogen functional groups attached to an aromatic ring is 1. The molecule has 4 rings (SSSR count). The van der Waals surface area contributed by atoms with Crippen molar-refractivity contribution in [2.75, 3.05) is 29.5 Å². The summed E-state index contributed by atoms with van der Waals surface area (Å²) in [6.45, 7) is 1.77. The standard InChI is InChI=1S/C20H23F2N7OS/c1-29-18(25-9-7-11-4-3-8-24-11)14(10-26-29)27-19(30)16-17(23)31-20(28-16)15-12(21)5-2-6-13(15)22/h2,5-6,10-11,24-25H,3-4,7-9,23H2,1H3,(H,27,30)/t11-/m1/s1. The first-order chi connectivity index (χ1) is 14.9. The van der Waals surface area contributed by atoms with Crippen LogP contribution >= 0.6 is 11.3 Å². The number of nitrogens with two attached hydrogens (primary N) is 1. The predicted molar refractivity (Wildman–Crippen MR) is 117 cm³/mol. The Balaban J connectivity index is 1.48. The van der Waals surface area contributed by atoms with Gasteiger partial charge in [-0.2, -0.15) is 5.10 Å². The highest BCUT2D eigenvalue weighted by Gasteiger charge is 2.23. The van der Waals surface area contributed by atoms with Gasteiger partial charge in [0.1, 0.15) is 33.1 Å². The van der Waals surface area contributed by atoms with Gasteiger partial charge in [0, 0.05) is 19.6 Å². The van der Waals surface area contributed by atoms with Gasteiger partial charge in [-0.25, -0.2) is 13.8 Å². The highest BCUT2D eigenvalue weighted by molar-refractivity contribution is 7.19. The van der Waals surface area contributed by atoms with Gasteiger partial charge in [0.15, 0.2) is 5.69 Å². The summed E-state index contributed by atoms with van der Waals surface area (Å²) in [4.78, 5) is 16.9. The molecule has 1 aliphatic heterocycles. The van der Waals surface area contributed by atoms with Crippen molar-refractivity contribution in [3.63, 3.8) is 0 Å². The molecule has 1 amide bonds. The van der Waals surface area contributed by atoms with Gasteiger partial charge in [-0.05, 0) is 37.9 Å². The molecule has 31 heavy (non-hydrogen) atoms. The summed E-state index contributed by atoms with van der Waals surface area (Å²) < 4.78 is 29.8. The van der Waals surface area contributed by atoms with Gasteiger partial charge >= 0.3 is 0 Å². The fourth-order valence-corrected chi connectivity index (χ4v) is 4.47. The largest absolute Gasteiger partial charge is 0.389 e. The van der Waals surface area contributed by atoms with Crippen molar-refractivity contribution in [2.45, 2.75) is 25.3 Å². The molecule has 11 heteroatoms. The molecule has 1 atom stereocenters. The lowest BCUT2D eigenvalue weighted by Gasteiger charge is -2.13. The number of nitrogens with one attached hydrogen (secondary N) is 3. The van der Waals surface area contributed by atoms with Gasteiger partial charge < -0.3 is 21.7 Å². The molecular weight excluding hydrogens is 424 g/mol. The van der Waals surface area contributed by atoms with Crippen LogP contribution in [0, 0.1) is 11.6 Å². The second kappa shape index (κ2) is 8.98. The first kappa shape index (κ1) is 21.2. The van der Waals surface area contributed by atoms with Gasteiger partial charge in [0.05, 0.1) is 11.8 Å². The van der Waals surface area contributed by atoms with Crippen LogP contribution in [0.4, 0.5) is 25.3 Å². The zero-order valence-electron chi connectivity index (χ0n) is 16.9. The fourth-order valence-electron chi connectivity index (χ4n) is 3.59. The van der Waals surface area contributed by atoms with E-state index in [9.17, 15) is 13.6 Å². The van der Waals surface area contributed by atoms with E-state index in [1.54, 1.807) is 11.7 Å². The summed E-state index contributed by atoms with van der Waals surface area (Å²) in [5, 5.41) is 13.7. The zero-order valence-corrected chi connectivity index (χ0v) is 17.7. The van der Waals surface area contributed by atoms with E-state index in [0.29, 0.717) is 17.5 Å². The van der Waals surface area contributed by atoms with Crippen LogP contribution in [0.3, 0.4) is 0 Å². The lowest BCUT2D eigenvalue weighted by molar-refractivity contribution is 0.102. The molecule has 0 radical (unpaired) electrons. The maximum absolute atomic E-state index is 14.1. The van der Waals surface area contributed by atoms with E-state index in [1.807, 2.05) is 0 Å². The Kier molecular flexibility index (Phi) is 6.14. The molecule has 1 aromatic carbocycles. The monoisotopic (exact) mass is 447 g/mol. The third kappa shape index (κ3) is 4.52. The van der Waals surface area contributed by atoms with Gasteiger partial charge in [0.25, 0.3) is 5.91 Å². The Bertz CT molecular complexity index is 1070. The number of aromatic nitrogens is 3. The van der Waals surface area contributed by atoms with Crippen LogP contribution in [0.5, 0.6) is 0 Å². The Morgan fingerprint density at radius 1 is 1.39 bits per heavy atom. The Hall–Kier alpha value is -3.05. The third-order valence-electron chi connectivity index (χ3n) is 5.18. The molecule has 0 bridgehead atoms. The molecule has 5 N–H and O–H groups in total. The number of halogens is 2. The summed E-state index contributed by atoms with van der Waals surface area (Å²) >= 11 is 0.854. The van der Waals surface area contributed by atoms with Crippen molar-refractivity contribution in [1.29, 1.82) is 0 Å². The Labute approximate surface area is 181 Å². The second-order valence-electron chi connectivity index (χ2n) is 7.32. The molecule has 1 saturated heterocycles. The number of rotatable bonds is 7. The number of anilines is 3. The number of hydrogen-bond acceptors (Lipinski definition) is 7. The van der Waals surface area contributed by atoms with Crippen molar-refractivity contribution in [3.05, 3.63) is 41.7 Å². The lowest BCUT2D eigenvalue weighted by Crippen LogP contribution is -2.24. The number of aryl methyl sites for hydroxylation is 1. The number of carbonyl (C=O) groups is 1. The van der Waals surface area contributed by atoms with E-state index in [1.165, 1.54) is 18.7 Å². The molecule has 1 aliphatic rings. The van der Waals surface area contributed by atoms with Crippen LogP contribution in [0.25, 0.3) is 10.6 Å². The highest BCUT2D eigenvalue weighted by Crippen LogP contribution is 2.34. The summed E-state index contributed by atoms with van der Waals surface area (Å²) in [6.07, 6.45) is 4.82. The van der Waals surface area contributed by atoms with Crippen LogP contribution in [-0.2, 0) is 7.05 Å². The maximum atomic E-state index is 14.1. The van der Waals surface area contributed by atoms with Crippen LogP contribution in [-0.4, -0.2) is 39.8 Å². The first-order valence-electron chi connectivity index (χ1n) is 9.95. The Morgan fingerprint density at radius 2 is 2.16 bits per heavy atom. The van der Waals surface area contributed by atoms with Crippen LogP contribution < -0.4 is 21.7 Å². The summed E-state index contributed by atoms with van der Waals surface area (Å²) in [7, 11) is 1.77. The number of nitrogens with zero attached hydrogens (tertiary/aromatic N) is 3. The maximum Gasteiger partial charge on any atom is 0.277 e. The molecule has 3 heterocycles. The minimum Gasteiger partial charge on any atom is -0.389 e. The summed E-state index contributed by atoms with van der Waals surface area (Å²) in [6, 6.07) is 4.01. The van der Waals surface area contributed by atoms with Crippen LogP contribution in [0.15, 0.2) is 24.4 Å². The highest BCUT2D eigenvalue weighted by atomic mass is 32.1. The molecule has 164 valence electrons. The van der Waals surface area contributed by atoms with Crippen molar-refractivity contribution in [1.82, 2.24) is 20.1 Å². The smallest absolute Gasteiger partial charge is 0.277 e. The molecule has 1 fully saturated rings. The van der Waals surface area contributed by atoms with E-state index in [4.69, 9.17) is 5.73 Å². The predicted octanol–water partition coefficient (Wildman–Crippen LogP) is 3.21. The Morgan fingerprint density at radius 3 is 2.87 bits per heavy atom. The van der Waals surface area contributed by atoms with Crippen molar-refractivity contribution in [3.8, 4) is 10.6 Å². The SMILES string of the molecule is Cn1ncc(NC(=O)c2nc(-c3c(F)cccc3F)sc2N)c1NCC[C@H]1CCCN1. The molecule has 2 aromatic heterocycles. The second-order valence-corrected chi connectivity index (χ2v) is 8.35. The summed E-state index contributed by atoms with van der Waals surface area (Å²) in [5.74, 6) is -1.46. The minimum absolute atomic E-state index is 0.00634. The zero-order chi connectivity index (χ0) is 22.0.